The third kappa shape index (κ3) is 5.19. The van der Waals surface area contributed by atoms with Crippen molar-refractivity contribution in [1.29, 1.82) is 0 Å². The predicted molar refractivity (Wildman–Crippen MR) is 79.6 cm³/mol. The second-order valence-corrected chi connectivity index (χ2v) is 6.33. The second-order valence-electron chi connectivity index (χ2n) is 5.42. The standard InChI is InChI=1S/C15H17BrF3NO2/c16-11-4-2-6-13(8-11)22-9-14(21)20-12-5-1-3-10(7-12)15(17,18)19/h2,4,6,8,10,12H,1,3,5,7,9H2,(H,20,21). The molecule has 2 unspecified atom stereocenters. The van der Waals surface area contributed by atoms with E-state index < -0.39 is 24.0 Å². The quantitative estimate of drug-likeness (QED) is 0.856. The first kappa shape index (κ1) is 17.1. The molecule has 122 valence electrons. The van der Waals surface area contributed by atoms with Crippen molar-refractivity contribution in [1.82, 2.24) is 5.32 Å². The van der Waals surface area contributed by atoms with Crippen molar-refractivity contribution in [2.24, 2.45) is 5.92 Å². The largest absolute Gasteiger partial charge is 0.484 e. The summed E-state index contributed by atoms with van der Waals surface area (Å²) in [6.45, 7) is -0.205. The van der Waals surface area contributed by atoms with Crippen molar-refractivity contribution in [3.63, 3.8) is 0 Å². The van der Waals surface area contributed by atoms with Gasteiger partial charge in [0.15, 0.2) is 6.61 Å². The van der Waals surface area contributed by atoms with Crippen LogP contribution in [0.15, 0.2) is 28.7 Å². The Labute approximate surface area is 135 Å². The lowest BCUT2D eigenvalue weighted by atomic mass is 9.85. The number of carbonyl (C=O) groups excluding carboxylic acids is 1. The van der Waals surface area contributed by atoms with Crippen LogP contribution in [0.1, 0.15) is 25.7 Å². The molecule has 0 saturated heterocycles. The van der Waals surface area contributed by atoms with Crippen LogP contribution in [-0.4, -0.2) is 24.7 Å². The Kier molecular flexibility index (Phi) is 5.72. The molecular weight excluding hydrogens is 363 g/mol. The van der Waals surface area contributed by atoms with Gasteiger partial charge in [0.2, 0.25) is 0 Å². The predicted octanol–water partition coefficient (Wildman–Crippen LogP) is 4.07. The van der Waals surface area contributed by atoms with E-state index in [1.54, 1.807) is 18.2 Å². The number of hydrogen-bond acceptors (Lipinski definition) is 2. The lowest BCUT2D eigenvalue weighted by molar-refractivity contribution is -0.184. The first-order valence-corrected chi connectivity index (χ1v) is 7.88. The molecular formula is C15H17BrF3NO2. The highest BCUT2D eigenvalue weighted by molar-refractivity contribution is 9.10. The zero-order valence-corrected chi connectivity index (χ0v) is 13.4. The molecule has 1 amide bonds. The minimum absolute atomic E-state index is 0.0495. The third-order valence-electron chi connectivity index (χ3n) is 3.67. The summed E-state index contributed by atoms with van der Waals surface area (Å²) in [5, 5.41) is 2.63. The molecule has 1 fully saturated rings. The van der Waals surface area contributed by atoms with Gasteiger partial charge in [0, 0.05) is 10.5 Å². The molecule has 1 saturated carbocycles. The Bertz CT molecular complexity index is 522. The molecule has 0 aliphatic heterocycles. The van der Waals surface area contributed by atoms with Gasteiger partial charge >= 0.3 is 6.18 Å². The number of amides is 1. The van der Waals surface area contributed by atoms with E-state index >= 15 is 0 Å². The van der Waals surface area contributed by atoms with Crippen LogP contribution in [0, 0.1) is 5.92 Å². The van der Waals surface area contributed by atoms with Crippen molar-refractivity contribution >= 4 is 21.8 Å². The summed E-state index contributed by atoms with van der Waals surface area (Å²) in [6, 6.07) is 6.59. The van der Waals surface area contributed by atoms with Crippen molar-refractivity contribution in [2.75, 3.05) is 6.61 Å². The minimum atomic E-state index is -4.18. The maximum Gasteiger partial charge on any atom is 0.391 e. The lowest BCUT2D eigenvalue weighted by Crippen LogP contribution is -2.43. The highest BCUT2D eigenvalue weighted by Gasteiger charge is 2.42. The van der Waals surface area contributed by atoms with Crippen LogP contribution >= 0.6 is 15.9 Å². The topological polar surface area (TPSA) is 38.3 Å². The first-order chi connectivity index (χ1) is 10.3. The van der Waals surface area contributed by atoms with Gasteiger partial charge in [-0.3, -0.25) is 4.79 Å². The molecule has 1 N–H and O–H groups in total. The zero-order chi connectivity index (χ0) is 16.2. The van der Waals surface area contributed by atoms with E-state index in [4.69, 9.17) is 4.74 Å². The van der Waals surface area contributed by atoms with E-state index in [9.17, 15) is 18.0 Å². The number of nitrogens with one attached hydrogen (secondary N) is 1. The molecule has 22 heavy (non-hydrogen) atoms. The van der Waals surface area contributed by atoms with E-state index in [-0.39, 0.29) is 19.4 Å². The smallest absolute Gasteiger partial charge is 0.391 e. The molecule has 1 aliphatic rings. The molecule has 1 aromatic carbocycles. The van der Waals surface area contributed by atoms with Crippen LogP contribution in [-0.2, 0) is 4.79 Å². The number of hydrogen-bond donors (Lipinski definition) is 1. The Hall–Kier alpha value is -1.24. The molecule has 1 aromatic rings. The van der Waals surface area contributed by atoms with Crippen molar-refractivity contribution < 1.29 is 22.7 Å². The number of halogens is 4. The van der Waals surface area contributed by atoms with Crippen LogP contribution in [0.25, 0.3) is 0 Å². The maximum atomic E-state index is 12.7. The highest BCUT2D eigenvalue weighted by Crippen LogP contribution is 2.37. The van der Waals surface area contributed by atoms with Gasteiger partial charge in [-0.05, 0) is 37.5 Å². The summed E-state index contributed by atoms with van der Waals surface area (Å²) in [6.07, 6.45) is -3.04. The summed E-state index contributed by atoms with van der Waals surface area (Å²) in [5.74, 6) is -1.19. The van der Waals surface area contributed by atoms with E-state index in [0.29, 0.717) is 18.6 Å². The average molecular weight is 380 g/mol. The molecule has 7 heteroatoms. The van der Waals surface area contributed by atoms with Gasteiger partial charge in [0.25, 0.3) is 5.91 Å². The fraction of sp³-hybridized carbons (Fsp3) is 0.533. The SMILES string of the molecule is O=C(COc1cccc(Br)c1)NC1CCCC(C(F)(F)F)C1. The van der Waals surface area contributed by atoms with Gasteiger partial charge in [-0.25, -0.2) is 0 Å². The lowest BCUT2D eigenvalue weighted by Gasteiger charge is -2.31. The fourth-order valence-corrected chi connectivity index (χ4v) is 2.97. The van der Waals surface area contributed by atoms with E-state index in [1.165, 1.54) is 0 Å². The molecule has 0 radical (unpaired) electrons. The summed E-state index contributed by atoms with van der Waals surface area (Å²) in [7, 11) is 0. The number of carbonyl (C=O) groups is 1. The highest BCUT2D eigenvalue weighted by atomic mass is 79.9. The van der Waals surface area contributed by atoms with Crippen molar-refractivity contribution in [2.45, 2.75) is 37.9 Å². The van der Waals surface area contributed by atoms with Gasteiger partial charge < -0.3 is 10.1 Å². The average Bonchev–Trinajstić information content (AvgIpc) is 2.45. The third-order valence-corrected chi connectivity index (χ3v) is 4.16. The number of alkyl halides is 3. The Morgan fingerprint density at radius 2 is 2.14 bits per heavy atom. The fourth-order valence-electron chi connectivity index (χ4n) is 2.59. The zero-order valence-electron chi connectivity index (χ0n) is 11.8. The van der Waals surface area contributed by atoms with Crippen LogP contribution < -0.4 is 10.1 Å². The summed E-state index contributed by atoms with van der Waals surface area (Å²) in [5.41, 5.74) is 0. The molecule has 1 aliphatic carbocycles. The number of ether oxygens (including phenoxy) is 1. The van der Waals surface area contributed by atoms with E-state index in [0.717, 1.165) is 4.47 Å². The monoisotopic (exact) mass is 379 g/mol. The van der Waals surface area contributed by atoms with Crippen molar-refractivity contribution in [3.8, 4) is 5.75 Å². The van der Waals surface area contributed by atoms with Gasteiger partial charge in [-0.1, -0.05) is 28.4 Å². The number of benzene rings is 1. The Morgan fingerprint density at radius 3 is 2.82 bits per heavy atom. The molecule has 0 aromatic heterocycles. The Morgan fingerprint density at radius 1 is 1.36 bits per heavy atom. The van der Waals surface area contributed by atoms with Crippen LogP contribution in [0.4, 0.5) is 13.2 Å². The van der Waals surface area contributed by atoms with Crippen LogP contribution in [0.2, 0.25) is 0 Å². The maximum absolute atomic E-state index is 12.7. The van der Waals surface area contributed by atoms with Crippen LogP contribution in [0.3, 0.4) is 0 Å². The molecule has 3 nitrogen and oxygen atoms in total. The van der Waals surface area contributed by atoms with Gasteiger partial charge in [-0.15, -0.1) is 0 Å². The Balaban J connectivity index is 1.79. The normalized spacial score (nSPS) is 22.2. The molecule has 2 rings (SSSR count). The van der Waals surface area contributed by atoms with E-state index in [1.807, 2.05) is 6.07 Å². The second kappa shape index (κ2) is 7.35. The number of rotatable bonds is 4. The molecule has 0 bridgehead atoms. The van der Waals surface area contributed by atoms with Gasteiger partial charge in [-0.2, -0.15) is 13.2 Å². The molecule has 0 spiro atoms. The van der Waals surface area contributed by atoms with Crippen molar-refractivity contribution in [3.05, 3.63) is 28.7 Å². The molecule has 0 heterocycles. The van der Waals surface area contributed by atoms with Gasteiger partial charge in [0.05, 0.1) is 5.92 Å². The van der Waals surface area contributed by atoms with Crippen LogP contribution in [0.5, 0.6) is 5.75 Å². The summed E-state index contributed by atoms with van der Waals surface area (Å²) >= 11 is 3.29. The van der Waals surface area contributed by atoms with E-state index in [2.05, 4.69) is 21.2 Å². The summed E-state index contributed by atoms with van der Waals surface area (Å²) in [4.78, 5) is 11.8. The molecule has 2 atom stereocenters. The van der Waals surface area contributed by atoms with Gasteiger partial charge in [0.1, 0.15) is 5.75 Å². The summed E-state index contributed by atoms with van der Waals surface area (Å²) < 4.78 is 44.3. The first-order valence-electron chi connectivity index (χ1n) is 7.09. The minimum Gasteiger partial charge on any atom is -0.484 e.